The molecule has 0 radical (unpaired) electrons. The van der Waals surface area contributed by atoms with Crippen molar-refractivity contribution < 1.29 is 5.11 Å². The molecule has 3 heterocycles. The number of aliphatic hydroxyl groups excluding tert-OH is 1. The molecule has 136 valence electrons. The van der Waals surface area contributed by atoms with Crippen LogP contribution in [0.2, 0.25) is 0 Å². The van der Waals surface area contributed by atoms with E-state index in [0.717, 1.165) is 38.3 Å². The second-order valence-electron chi connectivity index (χ2n) is 6.52. The minimum absolute atomic E-state index is 0.0716. The highest BCUT2D eigenvalue weighted by atomic mass is 16.3. The maximum absolute atomic E-state index is 12.9. The van der Waals surface area contributed by atoms with Crippen LogP contribution in [0.25, 0.3) is 10.9 Å². The number of aromatic nitrogens is 5. The molecular formula is C18H22N6O2. The van der Waals surface area contributed by atoms with Crippen LogP contribution in [0.4, 0.5) is 0 Å². The summed E-state index contributed by atoms with van der Waals surface area (Å²) in [5.41, 5.74) is 0.632. The number of para-hydroxylation sites is 1. The molecule has 3 aromatic rings. The van der Waals surface area contributed by atoms with Gasteiger partial charge in [0.1, 0.15) is 18.5 Å². The van der Waals surface area contributed by atoms with Crippen LogP contribution >= 0.6 is 0 Å². The third-order valence-corrected chi connectivity index (χ3v) is 4.96. The van der Waals surface area contributed by atoms with Crippen molar-refractivity contribution in [2.45, 2.75) is 32.0 Å². The molecule has 1 N–H and O–H groups in total. The second kappa shape index (κ2) is 7.35. The monoisotopic (exact) mass is 354 g/mol. The molecule has 0 aliphatic carbocycles. The fourth-order valence-corrected chi connectivity index (χ4v) is 3.72. The van der Waals surface area contributed by atoms with Crippen molar-refractivity contribution in [2.75, 3.05) is 19.7 Å². The summed E-state index contributed by atoms with van der Waals surface area (Å²) in [6.45, 7) is 2.70. The van der Waals surface area contributed by atoms with Gasteiger partial charge in [0, 0.05) is 6.54 Å². The van der Waals surface area contributed by atoms with Gasteiger partial charge in [-0.3, -0.25) is 18.9 Å². The van der Waals surface area contributed by atoms with Gasteiger partial charge in [0.15, 0.2) is 0 Å². The molecule has 8 nitrogen and oxygen atoms in total. The molecule has 2 aromatic heterocycles. The van der Waals surface area contributed by atoms with Crippen molar-refractivity contribution in [3.05, 3.63) is 53.1 Å². The molecule has 1 saturated heterocycles. The molecule has 1 aromatic carbocycles. The maximum atomic E-state index is 12.9. The summed E-state index contributed by atoms with van der Waals surface area (Å²) < 4.78 is 3.45. The Morgan fingerprint density at radius 3 is 2.88 bits per heavy atom. The largest absolute Gasteiger partial charge is 0.395 e. The van der Waals surface area contributed by atoms with E-state index in [1.165, 1.54) is 6.33 Å². The number of aliphatic hydroxyl groups is 1. The van der Waals surface area contributed by atoms with Crippen molar-refractivity contribution in [1.29, 1.82) is 0 Å². The minimum atomic E-state index is -0.0847. The molecule has 8 heteroatoms. The number of nitrogens with zero attached hydrogens (tertiary/aromatic N) is 6. The topological polar surface area (TPSA) is 89.1 Å². The highest BCUT2D eigenvalue weighted by Gasteiger charge is 2.30. The van der Waals surface area contributed by atoms with Crippen LogP contribution < -0.4 is 5.56 Å². The van der Waals surface area contributed by atoms with Crippen LogP contribution in [0.15, 0.2) is 41.7 Å². The van der Waals surface area contributed by atoms with E-state index in [4.69, 9.17) is 4.98 Å². The zero-order valence-electron chi connectivity index (χ0n) is 14.5. The SMILES string of the molecule is O=c1c2ccccc2nc(C2CCCN2CCn2cncn2)n1CCO. The number of hydrogen-bond donors (Lipinski definition) is 1. The number of benzene rings is 1. The lowest BCUT2D eigenvalue weighted by molar-refractivity contribution is 0.220. The predicted octanol–water partition coefficient (Wildman–Crippen LogP) is 0.817. The van der Waals surface area contributed by atoms with Gasteiger partial charge in [-0.15, -0.1) is 0 Å². The summed E-state index contributed by atoms with van der Waals surface area (Å²) in [5.74, 6) is 0.749. The smallest absolute Gasteiger partial charge is 0.261 e. The van der Waals surface area contributed by atoms with Crippen LogP contribution in [0.5, 0.6) is 0 Å². The summed E-state index contributed by atoms with van der Waals surface area (Å²) in [6, 6.07) is 7.47. The van der Waals surface area contributed by atoms with Gasteiger partial charge in [0.2, 0.25) is 0 Å². The molecule has 0 saturated carbocycles. The van der Waals surface area contributed by atoms with Gasteiger partial charge in [-0.25, -0.2) is 9.97 Å². The first-order valence-corrected chi connectivity index (χ1v) is 8.94. The number of likely N-dealkylation sites (tertiary alicyclic amines) is 1. The molecule has 0 spiro atoms. The highest BCUT2D eigenvalue weighted by molar-refractivity contribution is 5.77. The number of fused-ring (bicyclic) bond motifs is 1. The molecular weight excluding hydrogens is 332 g/mol. The first kappa shape index (κ1) is 16.9. The first-order valence-electron chi connectivity index (χ1n) is 8.94. The minimum Gasteiger partial charge on any atom is -0.395 e. The van der Waals surface area contributed by atoms with Crippen molar-refractivity contribution in [3.63, 3.8) is 0 Å². The zero-order valence-corrected chi connectivity index (χ0v) is 14.5. The van der Waals surface area contributed by atoms with Crippen molar-refractivity contribution in [2.24, 2.45) is 0 Å². The van der Waals surface area contributed by atoms with E-state index in [1.54, 1.807) is 17.0 Å². The van der Waals surface area contributed by atoms with Crippen LogP contribution in [-0.2, 0) is 13.1 Å². The molecule has 1 unspecified atom stereocenters. The van der Waals surface area contributed by atoms with E-state index >= 15 is 0 Å². The van der Waals surface area contributed by atoms with Gasteiger partial charge in [0.25, 0.3) is 5.56 Å². The Kier molecular flexibility index (Phi) is 4.77. The predicted molar refractivity (Wildman–Crippen MR) is 96.7 cm³/mol. The Labute approximate surface area is 150 Å². The van der Waals surface area contributed by atoms with Gasteiger partial charge >= 0.3 is 0 Å². The summed E-state index contributed by atoms with van der Waals surface area (Å²) in [4.78, 5) is 24.0. The second-order valence-corrected chi connectivity index (χ2v) is 6.52. The van der Waals surface area contributed by atoms with E-state index < -0.39 is 0 Å². The Hall–Kier alpha value is -2.58. The van der Waals surface area contributed by atoms with E-state index in [9.17, 15) is 9.90 Å². The van der Waals surface area contributed by atoms with Gasteiger partial charge in [0.05, 0.1) is 36.6 Å². The lowest BCUT2D eigenvalue weighted by Gasteiger charge is -2.26. The Balaban J connectivity index is 1.69. The number of rotatable bonds is 6. The standard InChI is InChI=1S/C18H22N6O2/c25-11-10-24-17(21-15-5-2-1-4-14(15)18(24)26)16-6-3-7-22(16)8-9-23-13-19-12-20-23/h1-2,4-5,12-13,16,25H,3,6-11H2. The third-order valence-electron chi connectivity index (χ3n) is 4.96. The van der Waals surface area contributed by atoms with Crippen LogP contribution in [0.1, 0.15) is 24.7 Å². The summed E-state index contributed by atoms with van der Waals surface area (Å²) in [7, 11) is 0. The van der Waals surface area contributed by atoms with E-state index in [1.807, 2.05) is 22.9 Å². The normalized spacial score (nSPS) is 18.0. The van der Waals surface area contributed by atoms with E-state index in [0.29, 0.717) is 10.9 Å². The zero-order chi connectivity index (χ0) is 17.9. The highest BCUT2D eigenvalue weighted by Crippen LogP contribution is 2.30. The molecule has 1 aliphatic rings. The van der Waals surface area contributed by atoms with Gasteiger partial charge in [-0.1, -0.05) is 12.1 Å². The van der Waals surface area contributed by atoms with Crippen molar-refractivity contribution >= 4 is 10.9 Å². The summed E-state index contributed by atoms with van der Waals surface area (Å²) >= 11 is 0. The Bertz CT molecular complexity index is 937. The molecule has 1 aliphatic heterocycles. The summed E-state index contributed by atoms with van der Waals surface area (Å²) in [5, 5.41) is 14.2. The maximum Gasteiger partial charge on any atom is 0.261 e. The van der Waals surface area contributed by atoms with Crippen LogP contribution in [0.3, 0.4) is 0 Å². The average molecular weight is 354 g/mol. The van der Waals surface area contributed by atoms with Crippen LogP contribution in [0, 0.1) is 0 Å². The molecule has 1 fully saturated rings. The van der Waals surface area contributed by atoms with Gasteiger partial charge < -0.3 is 5.11 Å². The quantitative estimate of drug-likeness (QED) is 0.705. The lowest BCUT2D eigenvalue weighted by Crippen LogP contribution is -2.34. The molecule has 26 heavy (non-hydrogen) atoms. The van der Waals surface area contributed by atoms with Crippen molar-refractivity contribution in [1.82, 2.24) is 29.2 Å². The lowest BCUT2D eigenvalue weighted by atomic mass is 10.1. The van der Waals surface area contributed by atoms with Crippen molar-refractivity contribution in [3.8, 4) is 0 Å². The van der Waals surface area contributed by atoms with Gasteiger partial charge in [-0.2, -0.15) is 5.10 Å². The molecule has 4 rings (SSSR count). The van der Waals surface area contributed by atoms with E-state index in [2.05, 4.69) is 15.0 Å². The Morgan fingerprint density at radius 2 is 2.08 bits per heavy atom. The average Bonchev–Trinajstić information content (AvgIpc) is 3.33. The number of hydrogen-bond acceptors (Lipinski definition) is 6. The van der Waals surface area contributed by atoms with Gasteiger partial charge in [-0.05, 0) is 31.5 Å². The fraction of sp³-hybridized carbons (Fsp3) is 0.444. The molecule has 1 atom stereocenters. The van der Waals surface area contributed by atoms with E-state index in [-0.39, 0.29) is 24.8 Å². The Morgan fingerprint density at radius 1 is 1.19 bits per heavy atom. The van der Waals surface area contributed by atoms with Crippen LogP contribution in [-0.4, -0.2) is 54.0 Å². The first-order chi connectivity index (χ1) is 12.8. The molecule has 0 bridgehead atoms. The fourth-order valence-electron chi connectivity index (χ4n) is 3.72. The third kappa shape index (κ3) is 3.13. The molecule has 0 amide bonds. The summed E-state index contributed by atoms with van der Waals surface area (Å²) in [6.07, 6.45) is 5.25.